The molecule has 1 spiro atoms. The van der Waals surface area contributed by atoms with Crippen LogP contribution in [0.25, 0.3) is 0 Å². The lowest BCUT2D eigenvalue weighted by Crippen LogP contribution is -2.78. The molecular weight excluding hydrogens is 614 g/mol. The maximum atomic E-state index is 13.9. The van der Waals surface area contributed by atoms with Gasteiger partial charge in [-0.05, 0) is 70.8 Å². The summed E-state index contributed by atoms with van der Waals surface area (Å²) < 4.78 is 4.14. The molecule has 0 aliphatic carbocycles. The first kappa shape index (κ1) is 42.5. The van der Waals surface area contributed by atoms with Crippen molar-refractivity contribution in [2.75, 3.05) is 19.6 Å². The molecule has 0 saturated carbocycles. The van der Waals surface area contributed by atoms with E-state index in [9.17, 15) is 28.8 Å². The van der Waals surface area contributed by atoms with E-state index in [-0.39, 0.29) is 35.7 Å². The van der Waals surface area contributed by atoms with E-state index in [2.05, 4.69) is 31.6 Å². The lowest BCUT2D eigenvalue weighted by Gasteiger charge is -2.46. The Morgan fingerprint density at radius 3 is 1.78 bits per heavy atom. The topological polar surface area (TPSA) is 130 Å². The summed E-state index contributed by atoms with van der Waals surface area (Å²) in [5.41, 5.74) is -0.00926. The molecule has 11 nitrogen and oxygen atoms in total. The Bertz CT molecular complexity index is 1070. The second-order valence-corrected chi connectivity index (χ2v) is 11.5. The Labute approximate surface area is 275 Å². The fraction of sp³-hybridized carbons (Fsp3) is 0.576. The number of halogens is 1. The normalized spacial score (nSPS) is 17.1. The zero-order valence-corrected chi connectivity index (χ0v) is 28.5. The van der Waals surface area contributed by atoms with Gasteiger partial charge in [0.15, 0.2) is 17.7 Å². The number of hydrogen-bond acceptors (Lipinski definition) is 7. The van der Waals surface area contributed by atoms with Crippen LogP contribution < -0.4 is 5.32 Å². The van der Waals surface area contributed by atoms with Crippen molar-refractivity contribution in [2.45, 2.75) is 103 Å². The maximum absolute atomic E-state index is 13.9. The van der Waals surface area contributed by atoms with E-state index >= 15 is 0 Å². The second-order valence-electron chi connectivity index (χ2n) is 11.2. The quantitative estimate of drug-likeness (QED) is 0.0305. The van der Waals surface area contributed by atoms with Crippen molar-refractivity contribution in [3.05, 3.63) is 50.1 Å². The number of allylic oxidation sites excluding steroid dienone is 4. The molecule has 2 aliphatic heterocycles. The Hall–Kier alpha value is -3.50. The van der Waals surface area contributed by atoms with E-state index in [1.807, 2.05) is 21.6 Å². The zero-order valence-electron chi connectivity index (χ0n) is 27.3. The Morgan fingerprint density at radius 1 is 0.870 bits per heavy atom. The van der Waals surface area contributed by atoms with Gasteiger partial charge in [-0.15, -0.1) is 17.6 Å². The molecule has 2 rings (SSSR count). The van der Waals surface area contributed by atoms with Gasteiger partial charge < -0.3 is 4.52 Å². The number of ketones is 2. The van der Waals surface area contributed by atoms with Crippen LogP contribution in [0.4, 0.5) is 23.9 Å². The summed E-state index contributed by atoms with van der Waals surface area (Å²) in [6, 6.07) is -1.61. The van der Waals surface area contributed by atoms with Crippen LogP contribution in [0.1, 0.15) is 96.8 Å². The fourth-order valence-corrected chi connectivity index (χ4v) is 5.46. The van der Waals surface area contributed by atoms with E-state index in [1.54, 1.807) is 0 Å². The van der Waals surface area contributed by atoms with Gasteiger partial charge in [0, 0.05) is 19.5 Å². The molecular formula is C33H53FN4O7P+. The molecule has 7 amide bonds. The number of amides is 7. The number of urea groups is 3. The van der Waals surface area contributed by atoms with Gasteiger partial charge in [-0.2, -0.15) is 0 Å². The maximum Gasteiger partial charge on any atom is 0.438 e. The molecule has 0 radical (unpaired) electrons. The average Bonchev–Trinajstić information content (AvgIpc) is 3.24. The van der Waals surface area contributed by atoms with Gasteiger partial charge in [-0.1, -0.05) is 51.0 Å². The van der Waals surface area contributed by atoms with E-state index in [0.717, 1.165) is 70.3 Å². The molecule has 13 heteroatoms. The van der Waals surface area contributed by atoms with Crippen molar-refractivity contribution in [1.29, 1.82) is 0 Å². The average molecular weight is 668 g/mol. The Morgan fingerprint density at radius 2 is 1.37 bits per heavy atom. The van der Waals surface area contributed by atoms with E-state index < -0.39 is 40.6 Å². The SMILES string of the molecule is C=CC(=O)C(=C)C(C)=O.C=CCCCCCCN1C(=O)N(CCCCCCC=C)C(=O)[N+]2(CCCCCC2NC(=O)OP)C1=O.F. The van der Waals surface area contributed by atoms with E-state index in [4.69, 9.17) is 4.52 Å². The predicted molar refractivity (Wildman–Crippen MR) is 180 cm³/mol. The number of nitrogens with one attached hydrogen (secondary N) is 1. The minimum Gasteiger partial charge on any atom is -0.435 e. The number of quaternary nitrogens is 1. The van der Waals surface area contributed by atoms with Crippen molar-refractivity contribution < 1.29 is 42.5 Å². The highest BCUT2D eigenvalue weighted by Gasteiger charge is 2.62. The predicted octanol–water partition coefficient (Wildman–Crippen LogP) is 7.51. The fourth-order valence-electron chi connectivity index (χ4n) is 5.39. The molecule has 258 valence electrons. The summed E-state index contributed by atoms with van der Waals surface area (Å²) in [4.78, 5) is 76.8. The molecule has 2 aliphatic rings. The van der Waals surface area contributed by atoms with Gasteiger partial charge in [0.05, 0.1) is 21.6 Å². The lowest BCUT2D eigenvalue weighted by atomic mass is 10.1. The minimum absolute atomic E-state index is 0. The van der Waals surface area contributed by atoms with Crippen molar-refractivity contribution in [1.82, 2.24) is 15.1 Å². The monoisotopic (exact) mass is 667 g/mol. The highest BCUT2D eigenvalue weighted by Crippen LogP contribution is 2.33. The number of rotatable bonds is 18. The second kappa shape index (κ2) is 22.9. The largest absolute Gasteiger partial charge is 0.438 e. The minimum atomic E-state index is -0.779. The molecule has 2 unspecified atom stereocenters. The summed E-state index contributed by atoms with van der Waals surface area (Å²) in [5.74, 6) is -0.706. The van der Waals surface area contributed by atoms with Crippen LogP contribution in [0.3, 0.4) is 0 Å². The van der Waals surface area contributed by atoms with Crippen LogP contribution in [-0.2, 0) is 14.1 Å². The molecule has 46 heavy (non-hydrogen) atoms. The molecule has 2 saturated heterocycles. The lowest BCUT2D eigenvalue weighted by molar-refractivity contribution is -0.807. The number of unbranched alkanes of at least 4 members (excludes halogenated alkanes) is 8. The molecule has 0 aromatic carbocycles. The van der Waals surface area contributed by atoms with Crippen molar-refractivity contribution >= 4 is 45.2 Å². The number of imide groups is 3. The van der Waals surface area contributed by atoms with Gasteiger partial charge >= 0.3 is 24.2 Å². The van der Waals surface area contributed by atoms with Crippen molar-refractivity contribution in [3.63, 3.8) is 0 Å². The van der Waals surface area contributed by atoms with Gasteiger partial charge in [0.2, 0.25) is 0 Å². The smallest absolute Gasteiger partial charge is 0.435 e. The van der Waals surface area contributed by atoms with Gasteiger partial charge in [0.1, 0.15) is 0 Å². The number of carbonyl (C=O) groups excluding carboxylic acids is 6. The summed E-state index contributed by atoms with van der Waals surface area (Å²) in [5, 5.41) is 2.73. The third kappa shape index (κ3) is 12.4. The Kier molecular flexibility index (Phi) is 21.2. The summed E-state index contributed by atoms with van der Waals surface area (Å²) in [7, 11) is 1.89. The zero-order chi connectivity index (χ0) is 33.8. The first-order valence-electron chi connectivity index (χ1n) is 15.8. The molecule has 0 aromatic rings. The molecule has 2 heterocycles. The van der Waals surface area contributed by atoms with Crippen LogP contribution in [-0.4, -0.2) is 75.8 Å². The van der Waals surface area contributed by atoms with Gasteiger partial charge in [0.25, 0.3) is 0 Å². The molecule has 2 atom stereocenters. The van der Waals surface area contributed by atoms with Crippen LogP contribution in [0.2, 0.25) is 0 Å². The molecule has 2 fully saturated rings. The molecule has 0 bridgehead atoms. The van der Waals surface area contributed by atoms with Gasteiger partial charge in [-0.3, -0.25) is 19.6 Å². The number of carbonyl (C=O) groups is 6. The van der Waals surface area contributed by atoms with E-state index in [0.29, 0.717) is 25.7 Å². The molecule has 1 N–H and O–H groups in total. The summed E-state index contributed by atoms with van der Waals surface area (Å²) in [6.45, 7) is 16.0. The standard InChI is InChI=1S/C26H43N4O5P.C7H8O2.FH/c1-3-5-7-9-11-15-19-28-24(32)29(20-16-12-10-8-6-4-2)26(34)30(25(28)33)21-17-13-14-18-22(30)27-23(31)35-36;1-4-7(9)5(2)6(3)8;/h3-4,22H,1-2,5-21,36H2;4H,1-2H2,3H3;1H/p+1. The van der Waals surface area contributed by atoms with Crippen LogP contribution in [0.5, 0.6) is 0 Å². The van der Waals surface area contributed by atoms with E-state index in [1.165, 1.54) is 16.7 Å². The van der Waals surface area contributed by atoms with Crippen LogP contribution in [0.15, 0.2) is 50.1 Å². The number of hydrogen-bond donors (Lipinski definition) is 1. The highest BCUT2D eigenvalue weighted by atomic mass is 31.0. The highest BCUT2D eigenvalue weighted by molar-refractivity contribution is 7.10. The summed E-state index contributed by atoms with van der Waals surface area (Å²) in [6.07, 6.45) is 15.1. The summed E-state index contributed by atoms with van der Waals surface area (Å²) >= 11 is 0. The van der Waals surface area contributed by atoms with Crippen LogP contribution >= 0.6 is 9.47 Å². The van der Waals surface area contributed by atoms with Crippen LogP contribution in [0, 0.1) is 0 Å². The first-order chi connectivity index (χ1) is 21.5. The first-order valence-corrected chi connectivity index (χ1v) is 16.3. The third-order valence-electron chi connectivity index (χ3n) is 8.01. The number of Topliss-reactive ketones (excluding diaryl/α,β-unsaturated/α-hetero) is 1. The van der Waals surface area contributed by atoms with Crippen molar-refractivity contribution in [2.24, 2.45) is 0 Å². The van der Waals surface area contributed by atoms with Crippen molar-refractivity contribution in [3.8, 4) is 0 Å². The number of nitrogens with zero attached hydrogens (tertiary/aromatic N) is 3. The Balaban J connectivity index is 0.00000176. The third-order valence-corrected chi connectivity index (χ3v) is 8.22. The molecule has 0 aromatic heterocycles. The van der Waals surface area contributed by atoms with Gasteiger partial charge in [-0.25, -0.2) is 29.0 Å².